The van der Waals surface area contributed by atoms with E-state index >= 15 is 0 Å². The average Bonchev–Trinajstić information content (AvgIpc) is 2.87. The first-order valence-electron chi connectivity index (χ1n) is 12.7. The van der Waals surface area contributed by atoms with Crippen molar-refractivity contribution in [1.82, 2.24) is 16.0 Å². The second-order valence-electron chi connectivity index (χ2n) is 11.5. The number of nitrogens with two attached hydrogens (primary N) is 1. The third-order valence-electron chi connectivity index (χ3n) is 6.14. The molecule has 4 amide bonds. The number of amides is 4. The number of carbonyl (C=O) groups is 4. The van der Waals surface area contributed by atoms with Gasteiger partial charge in [-0.15, -0.1) is 0 Å². The van der Waals surface area contributed by atoms with E-state index in [-0.39, 0.29) is 24.4 Å². The lowest BCUT2D eigenvalue weighted by molar-refractivity contribution is -0.127. The molecule has 1 aromatic carbocycles. The van der Waals surface area contributed by atoms with E-state index in [2.05, 4.69) is 16.0 Å². The van der Waals surface area contributed by atoms with Gasteiger partial charge in [-0.3, -0.25) is 24.2 Å². The molecule has 1 fully saturated rings. The second kappa shape index (κ2) is 11.1. The number of piperidine rings is 1. The zero-order valence-electron chi connectivity index (χ0n) is 22.6. The number of carbonyl (C=O) groups excluding carboxylic acids is 4. The van der Waals surface area contributed by atoms with E-state index in [4.69, 9.17) is 10.5 Å². The molecule has 2 heterocycles. The Morgan fingerprint density at radius 1 is 1.03 bits per heavy atom. The molecule has 0 radical (unpaired) electrons. The summed E-state index contributed by atoms with van der Waals surface area (Å²) in [6.07, 6.45) is -0.518. The van der Waals surface area contributed by atoms with Crippen LogP contribution in [0.1, 0.15) is 54.4 Å². The monoisotopic (exact) mass is 516 g/mol. The molecular weight excluding hydrogens is 476 g/mol. The summed E-state index contributed by atoms with van der Waals surface area (Å²) in [5, 5.41) is 8.81. The Kier molecular flexibility index (Phi) is 8.49. The molecule has 2 atom stereocenters. The third kappa shape index (κ3) is 6.98. The van der Waals surface area contributed by atoms with Crippen LogP contribution < -0.4 is 31.5 Å². The predicted molar refractivity (Wildman–Crippen MR) is 141 cm³/mol. The average molecular weight is 517 g/mol. The fourth-order valence-corrected chi connectivity index (χ4v) is 4.37. The molecule has 0 bridgehead atoms. The second-order valence-corrected chi connectivity index (χ2v) is 11.5. The molecule has 0 aliphatic carbocycles. The number of hydrogen-bond acceptors (Lipinski definition) is 7. The molecule has 11 heteroatoms. The number of hydrogen-bond donors (Lipinski definition) is 4. The number of anilines is 2. The van der Waals surface area contributed by atoms with Gasteiger partial charge in [0.1, 0.15) is 24.4 Å². The molecule has 37 heavy (non-hydrogen) atoms. The number of fused-ring (bicyclic) bond motifs is 1. The SMILES string of the molecule is CC(C)(C)OC(=O)NC1C(=O)N(CC(=O)NC2CCNCC2)c2ccccc2N(C(=O)C(C)(C)C)C1N. The zero-order valence-corrected chi connectivity index (χ0v) is 22.6. The van der Waals surface area contributed by atoms with Crippen LogP contribution in [-0.4, -0.2) is 67.3 Å². The van der Waals surface area contributed by atoms with Gasteiger partial charge in [-0.2, -0.15) is 0 Å². The molecule has 11 nitrogen and oxygen atoms in total. The fraction of sp³-hybridized carbons (Fsp3) is 0.615. The predicted octanol–water partition coefficient (Wildman–Crippen LogP) is 1.46. The van der Waals surface area contributed by atoms with Crippen molar-refractivity contribution in [1.29, 1.82) is 0 Å². The van der Waals surface area contributed by atoms with E-state index in [1.165, 1.54) is 9.80 Å². The van der Waals surface area contributed by atoms with Crippen LogP contribution in [0.15, 0.2) is 24.3 Å². The summed E-state index contributed by atoms with van der Waals surface area (Å²) in [6, 6.07) is 5.43. The molecule has 5 N–H and O–H groups in total. The highest BCUT2D eigenvalue weighted by molar-refractivity contribution is 6.11. The van der Waals surface area contributed by atoms with Gasteiger partial charge in [-0.05, 0) is 58.8 Å². The number of rotatable bonds is 4. The third-order valence-corrected chi connectivity index (χ3v) is 6.14. The van der Waals surface area contributed by atoms with Crippen LogP contribution in [0, 0.1) is 5.41 Å². The Labute approximate surface area is 218 Å². The standard InChI is InChI=1S/C26H40N6O5/c1-25(2,3)23(35)32-18-10-8-7-9-17(18)31(15-19(33)29-16-11-13-28-14-12-16)22(34)20(21(32)27)30-24(36)37-26(4,5)6/h7-10,16,20-21,28H,11-15,27H2,1-6H3,(H,29,33)(H,30,36). The van der Waals surface area contributed by atoms with Crippen molar-refractivity contribution in [3.05, 3.63) is 24.3 Å². The zero-order chi connectivity index (χ0) is 27.5. The lowest BCUT2D eigenvalue weighted by atomic mass is 9.93. The largest absolute Gasteiger partial charge is 0.444 e. The summed E-state index contributed by atoms with van der Waals surface area (Å²) in [5.74, 6) is -1.29. The smallest absolute Gasteiger partial charge is 0.408 e. The van der Waals surface area contributed by atoms with E-state index in [0.717, 1.165) is 25.9 Å². The van der Waals surface area contributed by atoms with Crippen molar-refractivity contribution in [3.8, 4) is 0 Å². The van der Waals surface area contributed by atoms with Gasteiger partial charge in [0.15, 0.2) is 0 Å². The highest BCUT2D eigenvalue weighted by atomic mass is 16.6. The van der Waals surface area contributed by atoms with E-state index in [1.807, 2.05) is 0 Å². The number of benzene rings is 1. The van der Waals surface area contributed by atoms with Crippen LogP contribution in [0.4, 0.5) is 16.2 Å². The van der Waals surface area contributed by atoms with Gasteiger partial charge in [-0.1, -0.05) is 32.9 Å². The molecule has 2 unspecified atom stereocenters. The maximum absolute atomic E-state index is 13.9. The van der Waals surface area contributed by atoms with Crippen LogP contribution in [-0.2, 0) is 19.1 Å². The first-order valence-corrected chi connectivity index (χ1v) is 12.7. The number of nitrogens with zero attached hydrogens (tertiary/aromatic N) is 2. The van der Waals surface area contributed by atoms with E-state index in [0.29, 0.717) is 11.4 Å². The minimum atomic E-state index is -1.36. The van der Waals surface area contributed by atoms with Gasteiger partial charge in [0.25, 0.3) is 5.91 Å². The minimum Gasteiger partial charge on any atom is -0.444 e. The molecule has 0 spiro atoms. The van der Waals surface area contributed by atoms with Gasteiger partial charge in [0.2, 0.25) is 11.8 Å². The Morgan fingerprint density at radius 3 is 2.19 bits per heavy atom. The van der Waals surface area contributed by atoms with Gasteiger partial charge < -0.3 is 26.4 Å². The van der Waals surface area contributed by atoms with Crippen molar-refractivity contribution < 1.29 is 23.9 Å². The molecule has 204 valence electrons. The van der Waals surface area contributed by atoms with Crippen molar-refractivity contribution in [2.45, 2.75) is 78.2 Å². The maximum atomic E-state index is 13.9. The van der Waals surface area contributed by atoms with Crippen molar-refractivity contribution >= 4 is 35.2 Å². The molecular formula is C26H40N6O5. The topological polar surface area (TPSA) is 146 Å². The van der Waals surface area contributed by atoms with Gasteiger partial charge in [0, 0.05) is 11.5 Å². The molecule has 2 aliphatic heterocycles. The molecule has 3 rings (SSSR count). The van der Waals surface area contributed by atoms with Gasteiger partial charge in [-0.25, -0.2) is 4.79 Å². The molecule has 0 aromatic heterocycles. The normalized spacial score (nSPS) is 21.1. The highest BCUT2D eigenvalue weighted by Crippen LogP contribution is 2.36. The summed E-state index contributed by atoms with van der Waals surface area (Å²) >= 11 is 0. The van der Waals surface area contributed by atoms with Gasteiger partial charge >= 0.3 is 6.09 Å². The molecule has 2 aliphatic rings. The summed E-state index contributed by atoms with van der Waals surface area (Å²) in [6.45, 7) is 11.6. The number of ether oxygens (including phenoxy) is 1. The Hall–Kier alpha value is -3.18. The summed E-state index contributed by atoms with van der Waals surface area (Å²) in [5.41, 5.74) is 5.64. The number of nitrogens with one attached hydrogen (secondary N) is 3. The first-order chi connectivity index (χ1) is 17.2. The van der Waals surface area contributed by atoms with Crippen LogP contribution in [0.5, 0.6) is 0 Å². The first kappa shape index (κ1) is 28.4. The quantitative estimate of drug-likeness (QED) is 0.474. The van der Waals surface area contributed by atoms with Crippen molar-refractivity contribution in [2.75, 3.05) is 29.4 Å². The number of para-hydroxylation sites is 2. The fourth-order valence-electron chi connectivity index (χ4n) is 4.37. The summed E-state index contributed by atoms with van der Waals surface area (Å²) < 4.78 is 5.37. The Bertz CT molecular complexity index is 1030. The molecule has 1 saturated heterocycles. The molecule has 1 aromatic rings. The Morgan fingerprint density at radius 2 is 1.62 bits per heavy atom. The van der Waals surface area contributed by atoms with E-state index in [9.17, 15) is 19.2 Å². The molecule has 0 saturated carbocycles. The maximum Gasteiger partial charge on any atom is 0.408 e. The van der Waals surface area contributed by atoms with Crippen LogP contribution in [0.25, 0.3) is 0 Å². The highest BCUT2D eigenvalue weighted by Gasteiger charge is 2.45. The van der Waals surface area contributed by atoms with Gasteiger partial charge in [0.05, 0.1) is 11.4 Å². The lowest BCUT2D eigenvalue weighted by Gasteiger charge is -2.35. The number of alkyl carbamates (subject to hydrolysis) is 1. The van der Waals surface area contributed by atoms with Crippen molar-refractivity contribution in [2.24, 2.45) is 11.1 Å². The van der Waals surface area contributed by atoms with Crippen molar-refractivity contribution in [3.63, 3.8) is 0 Å². The minimum absolute atomic E-state index is 0.00276. The summed E-state index contributed by atoms with van der Waals surface area (Å²) in [4.78, 5) is 55.9. The van der Waals surface area contributed by atoms with Crippen LogP contribution in [0.2, 0.25) is 0 Å². The van der Waals surface area contributed by atoms with E-state index in [1.54, 1.807) is 65.8 Å². The Balaban J connectivity index is 2.01. The van der Waals surface area contributed by atoms with Crippen LogP contribution >= 0.6 is 0 Å². The summed E-state index contributed by atoms with van der Waals surface area (Å²) in [7, 11) is 0. The van der Waals surface area contributed by atoms with Crippen LogP contribution in [0.3, 0.4) is 0 Å². The van der Waals surface area contributed by atoms with E-state index < -0.39 is 35.2 Å². The lowest BCUT2D eigenvalue weighted by Crippen LogP contribution is -2.64.